The van der Waals surface area contributed by atoms with Crippen molar-refractivity contribution in [1.82, 2.24) is 5.32 Å². The second kappa shape index (κ2) is 12.4. The molecule has 6 heteroatoms. The maximum absolute atomic E-state index is 12.9. The smallest absolute Gasteiger partial charge is 0.407 e. The molecule has 2 atom stereocenters. The van der Waals surface area contributed by atoms with Crippen LogP contribution >= 0.6 is 0 Å². The van der Waals surface area contributed by atoms with Crippen LogP contribution in [0.5, 0.6) is 0 Å². The van der Waals surface area contributed by atoms with Gasteiger partial charge in [0.1, 0.15) is 13.2 Å². The minimum atomic E-state index is -0.985. The van der Waals surface area contributed by atoms with Gasteiger partial charge < -0.3 is 19.5 Å². The lowest BCUT2D eigenvalue weighted by Gasteiger charge is -2.24. The van der Waals surface area contributed by atoms with Gasteiger partial charge >= 0.3 is 12.1 Å². The van der Waals surface area contributed by atoms with Crippen LogP contribution in [0.3, 0.4) is 0 Å². The summed E-state index contributed by atoms with van der Waals surface area (Å²) in [6.07, 6.45) is 0.584. The minimum absolute atomic E-state index is 0.0649. The summed E-state index contributed by atoms with van der Waals surface area (Å²) < 4.78 is 17.0. The maximum Gasteiger partial charge on any atom is 0.407 e. The number of esters is 1. The molecule has 188 valence electrons. The van der Waals surface area contributed by atoms with Crippen molar-refractivity contribution in [3.05, 3.63) is 95.6 Å². The lowest BCUT2D eigenvalue weighted by atomic mass is 9.98. The lowest BCUT2D eigenvalue weighted by Crippen LogP contribution is -2.49. The third kappa shape index (κ3) is 6.13. The molecule has 0 aromatic heterocycles. The topological polar surface area (TPSA) is 73.9 Å². The van der Waals surface area contributed by atoms with E-state index in [0.717, 1.165) is 40.7 Å². The summed E-state index contributed by atoms with van der Waals surface area (Å²) in [5, 5.41) is 2.69. The third-order valence-corrected chi connectivity index (χ3v) is 6.44. The zero-order valence-electron chi connectivity index (χ0n) is 20.8. The van der Waals surface area contributed by atoms with Gasteiger partial charge in [0.25, 0.3) is 0 Å². The quantitative estimate of drug-likeness (QED) is 0.272. The number of unbranched alkanes of at least 4 members (excludes halogenated alkanes) is 1. The second-order valence-electron chi connectivity index (χ2n) is 8.97. The van der Waals surface area contributed by atoms with Gasteiger partial charge in [-0.3, -0.25) is 0 Å². The van der Waals surface area contributed by atoms with Gasteiger partial charge in [0, 0.05) is 12.5 Å². The summed E-state index contributed by atoms with van der Waals surface area (Å²) in [5.41, 5.74) is 5.43. The van der Waals surface area contributed by atoms with Crippen molar-refractivity contribution >= 4 is 12.1 Å². The van der Waals surface area contributed by atoms with E-state index in [4.69, 9.17) is 14.2 Å². The highest BCUT2D eigenvalue weighted by molar-refractivity contribution is 5.82. The fraction of sp³-hybridized carbons (Fsp3) is 0.333. The van der Waals surface area contributed by atoms with E-state index in [1.54, 1.807) is 6.92 Å². The van der Waals surface area contributed by atoms with E-state index in [0.29, 0.717) is 6.61 Å². The molecule has 4 rings (SSSR count). The fourth-order valence-corrected chi connectivity index (χ4v) is 4.46. The Morgan fingerprint density at radius 3 is 2.11 bits per heavy atom. The molecule has 1 aliphatic carbocycles. The normalized spacial score (nSPS) is 13.8. The summed E-state index contributed by atoms with van der Waals surface area (Å²) in [5.74, 6) is -0.624. The van der Waals surface area contributed by atoms with Crippen LogP contribution in [0.1, 0.15) is 49.3 Å². The van der Waals surface area contributed by atoms with E-state index < -0.39 is 24.2 Å². The van der Waals surface area contributed by atoms with Crippen molar-refractivity contribution in [2.45, 2.75) is 51.4 Å². The van der Waals surface area contributed by atoms with Crippen LogP contribution in [0.2, 0.25) is 0 Å². The van der Waals surface area contributed by atoms with Crippen molar-refractivity contribution in [2.75, 3.05) is 13.2 Å². The van der Waals surface area contributed by atoms with Crippen LogP contribution in [0.25, 0.3) is 11.1 Å². The first-order chi connectivity index (χ1) is 17.6. The molecule has 36 heavy (non-hydrogen) atoms. The van der Waals surface area contributed by atoms with E-state index in [1.807, 2.05) is 54.6 Å². The Hall–Kier alpha value is -3.64. The molecule has 1 amide bonds. The number of hydrogen-bond donors (Lipinski definition) is 1. The number of carbonyl (C=O) groups excluding carboxylic acids is 2. The number of amides is 1. The Bertz CT molecular complexity index is 1120. The number of ether oxygens (including phenoxy) is 3. The minimum Gasteiger partial charge on any atom is -0.459 e. The molecule has 2 unspecified atom stereocenters. The predicted molar refractivity (Wildman–Crippen MR) is 139 cm³/mol. The van der Waals surface area contributed by atoms with E-state index >= 15 is 0 Å². The van der Waals surface area contributed by atoms with Crippen LogP contribution < -0.4 is 5.32 Å². The standard InChI is InChI=1S/C30H33NO5/c1-3-4-18-34-21(2)28(29(32)35-19-22-12-6-5-7-13-22)31-30(33)36-20-27-25-16-10-8-14-23(25)24-15-9-11-17-26(24)27/h5-17,21,27-28H,3-4,18-20H2,1-2H3,(H,31,33). The molecular formula is C30H33NO5. The zero-order valence-corrected chi connectivity index (χ0v) is 20.8. The highest BCUT2D eigenvalue weighted by Gasteiger charge is 2.32. The molecule has 0 aliphatic heterocycles. The number of benzene rings is 3. The number of hydrogen-bond acceptors (Lipinski definition) is 5. The van der Waals surface area contributed by atoms with E-state index in [2.05, 4.69) is 36.5 Å². The molecule has 0 radical (unpaired) electrons. The molecule has 0 saturated carbocycles. The van der Waals surface area contributed by atoms with Gasteiger partial charge in [-0.1, -0.05) is 92.2 Å². The van der Waals surface area contributed by atoms with Crippen LogP contribution in [0, 0.1) is 0 Å². The Balaban J connectivity index is 1.40. The summed E-state index contributed by atoms with van der Waals surface area (Å²) >= 11 is 0. The van der Waals surface area contributed by atoms with Gasteiger partial charge in [-0.15, -0.1) is 0 Å². The maximum atomic E-state index is 12.9. The van der Waals surface area contributed by atoms with Crippen molar-refractivity contribution in [2.24, 2.45) is 0 Å². The highest BCUT2D eigenvalue weighted by Crippen LogP contribution is 2.44. The fourth-order valence-electron chi connectivity index (χ4n) is 4.46. The van der Waals surface area contributed by atoms with Crippen molar-refractivity contribution < 1.29 is 23.8 Å². The van der Waals surface area contributed by atoms with Gasteiger partial charge in [0.2, 0.25) is 0 Å². The highest BCUT2D eigenvalue weighted by atomic mass is 16.6. The van der Waals surface area contributed by atoms with Crippen LogP contribution in [-0.4, -0.2) is 37.4 Å². The monoisotopic (exact) mass is 487 g/mol. The molecule has 0 fully saturated rings. The molecule has 0 bridgehead atoms. The number of rotatable bonds is 11. The molecule has 1 aliphatic rings. The Morgan fingerprint density at radius 2 is 1.47 bits per heavy atom. The van der Waals surface area contributed by atoms with Gasteiger partial charge in [0.15, 0.2) is 6.04 Å². The van der Waals surface area contributed by atoms with Gasteiger partial charge in [0.05, 0.1) is 6.10 Å². The number of nitrogens with one attached hydrogen (secondary N) is 1. The largest absolute Gasteiger partial charge is 0.459 e. The van der Waals surface area contributed by atoms with Gasteiger partial charge in [-0.25, -0.2) is 9.59 Å². The third-order valence-electron chi connectivity index (χ3n) is 6.44. The molecule has 0 saturated heterocycles. The van der Waals surface area contributed by atoms with Gasteiger partial charge in [-0.2, -0.15) is 0 Å². The second-order valence-corrected chi connectivity index (χ2v) is 8.97. The average Bonchev–Trinajstić information content (AvgIpc) is 3.23. The van der Waals surface area contributed by atoms with E-state index in [-0.39, 0.29) is 19.1 Å². The summed E-state index contributed by atoms with van der Waals surface area (Å²) in [7, 11) is 0. The molecule has 3 aromatic carbocycles. The summed E-state index contributed by atoms with van der Waals surface area (Å²) in [6.45, 7) is 4.59. The summed E-state index contributed by atoms with van der Waals surface area (Å²) in [4.78, 5) is 25.8. The van der Waals surface area contributed by atoms with Crippen molar-refractivity contribution in [3.8, 4) is 11.1 Å². The Kier molecular flexibility index (Phi) is 8.74. The Labute approximate surface area is 212 Å². The Morgan fingerprint density at radius 1 is 0.861 bits per heavy atom. The molecule has 1 N–H and O–H groups in total. The molecule has 6 nitrogen and oxygen atoms in total. The van der Waals surface area contributed by atoms with Gasteiger partial charge in [-0.05, 0) is 41.2 Å². The van der Waals surface area contributed by atoms with E-state index in [9.17, 15) is 9.59 Å². The molecule has 0 spiro atoms. The van der Waals surface area contributed by atoms with Crippen LogP contribution in [-0.2, 0) is 25.6 Å². The number of fused-ring (bicyclic) bond motifs is 3. The number of carbonyl (C=O) groups is 2. The van der Waals surface area contributed by atoms with Crippen molar-refractivity contribution in [1.29, 1.82) is 0 Å². The average molecular weight is 488 g/mol. The molecule has 3 aromatic rings. The molecule has 0 heterocycles. The SMILES string of the molecule is CCCCOC(C)C(NC(=O)OCC1c2ccccc2-c2ccccc21)C(=O)OCc1ccccc1. The number of alkyl carbamates (subject to hydrolysis) is 1. The first-order valence-corrected chi connectivity index (χ1v) is 12.5. The lowest BCUT2D eigenvalue weighted by molar-refractivity contribution is -0.151. The van der Waals surface area contributed by atoms with Crippen molar-refractivity contribution in [3.63, 3.8) is 0 Å². The predicted octanol–water partition coefficient (Wildman–Crippen LogP) is 5.84. The molecular weight excluding hydrogens is 454 g/mol. The first kappa shape index (κ1) is 25.5. The first-order valence-electron chi connectivity index (χ1n) is 12.5. The van der Waals surface area contributed by atoms with E-state index in [1.165, 1.54) is 0 Å². The summed E-state index contributed by atoms with van der Waals surface area (Å²) in [6, 6.07) is 24.7. The van der Waals surface area contributed by atoms with Crippen LogP contribution in [0.15, 0.2) is 78.9 Å². The van der Waals surface area contributed by atoms with Crippen LogP contribution in [0.4, 0.5) is 4.79 Å². The zero-order chi connectivity index (χ0) is 25.3.